The third-order valence-corrected chi connectivity index (χ3v) is 4.15. The molecule has 0 spiro atoms. The summed E-state index contributed by atoms with van der Waals surface area (Å²) in [4.78, 5) is 11.7. The minimum atomic E-state index is -2.80. The second-order valence-electron chi connectivity index (χ2n) is 4.21. The molecule has 0 saturated carbocycles. The van der Waals surface area contributed by atoms with Crippen LogP contribution in [0.3, 0.4) is 0 Å². The van der Waals surface area contributed by atoms with Gasteiger partial charge in [-0.15, -0.1) is 0 Å². The Morgan fingerprint density at radius 2 is 1.72 bits per heavy atom. The lowest BCUT2D eigenvalue weighted by molar-refractivity contribution is -0.114. The lowest BCUT2D eigenvalue weighted by atomic mass is 9.91. The van der Waals surface area contributed by atoms with E-state index in [4.69, 9.17) is 0 Å². The molecule has 0 aromatic heterocycles. The van der Waals surface area contributed by atoms with E-state index in [2.05, 4.69) is 0 Å². The first-order valence-corrected chi connectivity index (χ1v) is 6.80. The summed E-state index contributed by atoms with van der Waals surface area (Å²) in [5.74, 6) is -0.367. The van der Waals surface area contributed by atoms with Crippen molar-refractivity contribution in [1.29, 1.82) is 0 Å². The van der Waals surface area contributed by atoms with Crippen LogP contribution in [0.5, 0.6) is 0 Å². The number of ketones is 1. The molecule has 0 saturated heterocycles. The fraction of sp³-hybridized carbons (Fsp3) is 0.0714. The van der Waals surface area contributed by atoms with Crippen molar-refractivity contribution in [2.75, 3.05) is 0 Å². The van der Waals surface area contributed by atoms with Crippen LogP contribution in [0.2, 0.25) is 0 Å². The molecule has 0 heterocycles. The Labute approximate surface area is 104 Å². The summed E-state index contributed by atoms with van der Waals surface area (Å²) in [6.45, 7) is 0. The SMILES string of the molecule is O=C1C=Cc2c(ccc3ccccc23)C1P(=O)=O. The van der Waals surface area contributed by atoms with E-state index < -0.39 is 13.3 Å². The van der Waals surface area contributed by atoms with Gasteiger partial charge in [-0.2, -0.15) is 0 Å². The Kier molecular flexibility index (Phi) is 2.49. The van der Waals surface area contributed by atoms with Crippen molar-refractivity contribution in [1.82, 2.24) is 0 Å². The highest BCUT2D eigenvalue weighted by atomic mass is 31.1. The number of carbonyl (C=O) groups is 1. The average molecular weight is 256 g/mol. The molecule has 0 amide bonds. The van der Waals surface area contributed by atoms with Gasteiger partial charge in [-0.1, -0.05) is 42.5 Å². The molecular formula is C14H9O3P. The predicted molar refractivity (Wildman–Crippen MR) is 69.0 cm³/mol. The van der Waals surface area contributed by atoms with E-state index in [1.54, 1.807) is 12.1 Å². The largest absolute Gasteiger partial charge is 0.331 e. The van der Waals surface area contributed by atoms with Crippen LogP contribution in [0.25, 0.3) is 16.8 Å². The summed E-state index contributed by atoms with van der Waals surface area (Å²) in [5, 5.41) is 2.01. The van der Waals surface area contributed by atoms with Gasteiger partial charge >= 0.3 is 7.68 Å². The van der Waals surface area contributed by atoms with E-state index in [9.17, 15) is 13.9 Å². The van der Waals surface area contributed by atoms with Gasteiger partial charge in [-0.25, -0.2) is 9.13 Å². The van der Waals surface area contributed by atoms with Gasteiger partial charge in [0.05, 0.1) is 0 Å². The Morgan fingerprint density at radius 3 is 2.50 bits per heavy atom. The number of allylic oxidation sites excluding steroid dienone is 1. The highest BCUT2D eigenvalue weighted by Crippen LogP contribution is 2.41. The zero-order valence-corrected chi connectivity index (χ0v) is 10.3. The van der Waals surface area contributed by atoms with E-state index in [0.29, 0.717) is 5.56 Å². The summed E-state index contributed by atoms with van der Waals surface area (Å²) in [6.07, 6.45) is 3.06. The molecule has 2 aromatic rings. The standard InChI is InChI=1S/C14H9O3P/c15-13-8-7-11-10-4-2-1-3-9(10)5-6-12(11)14(13)18(16)17/h1-8,14H. The fourth-order valence-corrected chi connectivity index (χ4v) is 3.11. The Bertz CT molecular complexity index is 749. The van der Waals surface area contributed by atoms with Crippen molar-refractivity contribution < 1.29 is 13.9 Å². The summed E-state index contributed by atoms with van der Waals surface area (Å²) in [5.41, 5.74) is 0.374. The van der Waals surface area contributed by atoms with Gasteiger partial charge in [-0.05, 0) is 28.0 Å². The predicted octanol–water partition coefficient (Wildman–Crippen LogP) is 3.65. The van der Waals surface area contributed by atoms with Crippen LogP contribution in [0.15, 0.2) is 42.5 Å². The number of rotatable bonds is 1. The molecule has 3 rings (SSSR count). The van der Waals surface area contributed by atoms with Crippen molar-refractivity contribution >= 4 is 30.3 Å². The van der Waals surface area contributed by atoms with Crippen molar-refractivity contribution in [3.8, 4) is 0 Å². The van der Waals surface area contributed by atoms with Gasteiger partial charge < -0.3 is 0 Å². The van der Waals surface area contributed by atoms with Crippen molar-refractivity contribution in [2.45, 2.75) is 5.66 Å². The highest BCUT2D eigenvalue weighted by molar-refractivity contribution is 7.33. The molecule has 4 heteroatoms. The third-order valence-electron chi connectivity index (χ3n) is 3.19. The van der Waals surface area contributed by atoms with Crippen LogP contribution in [0, 0.1) is 0 Å². The summed E-state index contributed by atoms with van der Waals surface area (Å²) in [6, 6.07) is 11.3. The molecule has 18 heavy (non-hydrogen) atoms. The summed E-state index contributed by atoms with van der Waals surface area (Å²) < 4.78 is 22.5. The van der Waals surface area contributed by atoms with Crippen molar-refractivity contribution in [2.24, 2.45) is 0 Å². The average Bonchev–Trinajstić information content (AvgIpc) is 2.37. The first kappa shape index (κ1) is 11.1. The van der Waals surface area contributed by atoms with Crippen molar-refractivity contribution in [3.63, 3.8) is 0 Å². The summed E-state index contributed by atoms with van der Waals surface area (Å²) >= 11 is 0. The maximum Gasteiger partial charge on any atom is 0.331 e. The quantitative estimate of drug-likeness (QED) is 0.732. The number of carbonyl (C=O) groups excluding carboxylic acids is 1. The monoisotopic (exact) mass is 256 g/mol. The second-order valence-corrected chi connectivity index (χ2v) is 5.30. The van der Waals surface area contributed by atoms with Gasteiger partial charge in [0.25, 0.3) is 0 Å². The lowest BCUT2D eigenvalue weighted by Crippen LogP contribution is -2.10. The Balaban J connectivity index is 2.38. The molecule has 0 aliphatic heterocycles. The molecule has 1 aliphatic rings. The van der Waals surface area contributed by atoms with Gasteiger partial charge in [0.15, 0.2) is 11.4 Å². The third kappa shape index (κ3) is 1.56. The molecule has 3 nitrogen and oxygen atoms in total. The molecule has 88 valence electrons. The minimum Gasteiger partial charge on any atom is -0.293 e. The maximum absolute atomic E-state index is 11.7. The van der Waals surface area contributed by atoms with Gasteiger partial charge in [0, 0.05) is 0 Å². The lowest BCUT2D eigenvalue weighted by Gasteiger charge is -2.16. The van der Waals surface area contributed by atoms with Crippen LogP contribution < -0.4 is 0 Å². The Morgan fingerprint density at radius 1 is 0.944 bits per heavy atom. The molecule has 1 unspecified atom stereocenters. The molecular weight excluding hydrogens is 247 g/mol. The van der Waals surface area contributed by atoms with Crippen LogP contribution >= 0.6 is 7.68 Å². The number of hydrogen-bond acceptors (Lipinski definition) is 3. The van der Waals surface area contributed by atoms with Crippen LogP contribution in [-0.2, 0) is 13.9 Å². The number of fused-ring (bicyclic) bond motifs is 3. The van der Waals surface area contributed by atoms with E-state index in [1.165, 1.54) is 6.08 Å². The van der Waals surface area contributed by atoms with Crippen molar-refractivity contribution in [3.05, 3.63) is 53.6 Å². The van der Waals surface area contributed by atoms with E-state index in [0.717, 1.165) is 16.3 Å². The second kappa shape index (κ2) is 4.04. The van der Waals surface area contributed by atoms with Crippen LogP contribution in [-0.4, -0.2) is 5.78 Å². The topological polar surface area (TPSA) is 51.2 Å². The highest BCUT2D eigenvalue weighted by Gasteiger charge is 2.29. The molecule has 1 aliphatic carbocycles. The normalized spacial score (nSPS) is 17.8. The molecule has 0 radical (unpaired) electrons. The van der Waals surface area contributed by atoms with Gasteiger partial charge in [-0.3, -0.25) is 4.79 Å². The number of hydrogen-bond donors (Lipinski definition) is 0. The smallest absolute Gasteiger partial charge is 0.293 e. The molecule has 0 bridgehead atoms. The molecule has 0 N–H and O–H groups in total. The van der Waals surface area contributed by atoms with Crippen LogP contribution in [0.1, 0.15) is 16.8 Å². The number of benzene rings is 2. The van der Waals surface area contributed by atoms with E-state index in [-0.39, 0.29) is 5.78 Å². The maximum atomic E-state index is 11.7. The first-order valence-electron chi connectivity index (χ1n) is 5.55. The van der Waals surface area contributed by atoms with Gasteiger partial charge in [0.2, 0.25) is 0 Å². The van der Waals surface area contributed by atoms with E-state index in [1.807, 2.05) is 30.3 Å². The first-order chi connectivity index (χ1) is 8.68. The van der Waals surface area contributed by atoms with Gasteiger partial charge in [0.1, 0.15) is 0 Å². The van der Waals surface area contributed by atoms with Crippen LogP contribution in [0.4, 0.5) is 0 Å². The molecule has 2 aromatic carbocycles. The zero-order chi connectivity index (χ0) is 12.7. The molecule has 1 atom stereocenters. The Hall–Kier alpha value is -1.99. The molecule has 0 fully saturated rings. The fourth-order valence-electron chi connectivity index (χ4n) is 2.36. The summed E-state index contributed by atoms with van der Waals surface area (Å²) in [7, 11) is -2.80. The minimum absolute atomic E-state index is 0.367. The zero-order valence-electron chi connectivity index (χ0n) is 9.37. The van der Waals surface area contributed by atoms with E-state index >= 15 is 0 Å².